The van der Waals surface area contributed by atoms with Crippen molar-refractivity contribution in [3.63, 3.8) is 0 Å². The molecule has 0 fully saturated rings. The van der Waals surface area contributed by atoms with Gasteiger partial charge in [-0.25, -0.2) is 8.42 Å². The van der Waals surface area contributed by atoms with Crippen LogP contribution in [-0.2, 0) is 16.4 Å². The van der Waals surface area contributed by atoms with Crippen LogP contribution >= 0.6 is 0 Å². The molecule has 7 heteroatoms. The smallest absolute Gasteiger partial charge is 0.262 e. The van der Waals surface area contributed by atoms with E-state index in [0.717, 1.165) is 28.7 Å². The van der Waals surface area contributed by atoms with Gasteiger partial charge in [-0.05, 0) is 104 Å². The first-order chi connectivity index (χ1) is 16.7. The van der Waals surface area contributed by atoms with E-state index in [1.54, 1.807) is 43.6 Å². The molecule has 0 saturated heterocycles. The summed E-state index contributed by atoms with van der Waals surface area (Å²) in [5, 5.41) is 2.85. The van der Waals surface area contributed by atoms with E-state index in [1.807, 2.05) is 56.3 Å². The summed E-state index contributed by atoms with van der Waals surface area (Å²) >= 11 is 0. The highest BCUT2D eigenvalue weighted by atomic mass is 32.2. The van der Waals surface area contributed by atoms with E-state index in [1.165, 1.54) is 6.07 Å². The van der Waals surface area contributed by atoms with Gasteiger partial charge in [0.15, 0.2) is 0 Å². The van der Waals surface area contributed by atoms with E-state index in [0.29, 0.717) is 16.9 Å². The van der Waals surface area contributed by atoms with Crippen molar-refractivity contribution >= 4 is 27.3 Å². The molecule has 0 aliphatic rings. The molecule has 3 aromatic carbocycles. The molecule has 1 heterocycles. The lowest BCUT2D eigenvalue weighted by molar-refractivity contribution is 0.102. The first kappa shape index (κ1) is 24.2. The molecule has 178 valence electrons. The number of anilines is 2. The van der Waals surface area contributed by atoms with E-state index in [-0.39, 0.29) is 16.4 Å². The summed E-state index contributed by atoms with van der Waals surface area (Å²) < 4.78 is 28.9. The van der Waals surface area contributed by atoms with Crippen molar-refractivity contribution < 1.29 is 13.2 Å². The molecule has 0 atom stereocenters. The van der Waals surface area contributed by atoms with Gasteiger partial charge in [0.05, 0.1) is 4.90 Å². The maximum atomic E-state index is 13.1. The normalized spacial score (nSPS) is 11.2. The Morgan fingerprint density at radius 3 is 2.06 bits per heavy atom. The Labute approximate surface area is 206 Å². The third kappa shape index (κ3) is 6.13. The van der Waals surface area contributed by atoms with Gasteiger partial charge in [0, 0.05) is 29.3 Å². The van der Waals surface area contributed by atoms with Crippen LogP contribution in [0.15, 0.2) is 90.1 Å². The summed E-state index contributed by atoms with van der Waals surface area (Å²) in [4.78, 5) is 17.0. The molecule has 35 heavy (non-hydrogen) atoms. The van der Waals surface area contributed by atoms with Crippen LogP contribution in [0.2, 0.25) is 0 Å². The van der Waals surface area contributed by atoms with Crippen LogP contribution in [0.5, 0.6) is 0 Å². The summed E-state index contributed by atoms with van der Waals surface area (Å²) in [5.74, 6) is -0.380. The lowest BCUT2D eigenvalue weighted by Crippen LogP contribution is -2.17. The first-order valence-electron chi connectivity index (χ1n) is 11.2. The molecular formula is C28H27N3O3S. The van der Waals surface area contributed by atoms with Crippen molar-refractivity contribution in [1.82, 2.24) is 4.98 Å². The number of rotatable bonds is 7. The zero-order valence-electron chi connectivity index (χ0n) is 19.9. The third-order valence-electron chi connectivity index (χ3n) is 5.58. The van der Waals surface area contributed by atoms with Crippen molar-refractivity contribution in [3.8, 4) is 0 Å². The molecule has 4 aromatic rings. The van der Waals surface area contributed by atoms with Gasteiger partial charge in [-0.2, -0.15) is 0 Å². The summed E-state index contributed by atoms with van der Waals surface area (Å²) in [6.07, 6.45) is 4.29. The fourth-order valence-electron chi connectivity index (χ4n) is 3.92. The molecule has 1 amide bonds. The predicted octanol–water partition coefficient (Wildman–Crippen LogP) is 5.65. The maximum Gasteiger partial charge on any atom is 0.262 e. The van der Waals surface area contributed by atoms with Crippen LogP contribution < -0.4 is 10.0 Å². The molecule has 0 aliphatic heterocycles. The average molecular weight is 486 g/mol. The zero-order valence-corrected chi connectivity index (χ0v) is 20.7. The van der Waals surface area contributed by atoms with Gasteiger partial charge in [-0.3, -0.25) is 14.5 Å². The van der Waals surface area contributed by atoms with Gasteiger partial charge >= 0.3 is 0 Å². The lowest BCUT2D eigenvalue weighted by Gasteiger charge is -2.13. The molecule has 0 bridgehead atoms. The minimum atomic E-state index is -3.88. The second kappa shape index (κ2) is 10.1. The zero-order chi connectivity index (χ0) is 25.0. The number of pyridine rings is 1. The van der Waals surface area contributed by atoms with Gasteiger partial charge in [0.25, 0.3) is 15.9 Å². The number of carbonyl (C=O) groups excluding carboxylic acids is 1. The third-order valence-corrected chi connectivity index (χ3v) is 7.11. The number of nitrogens with one attached hydrogen (secondary N) is 2. The van der Waals surface area contributed by atoms with Crippen molar-refractivity contribution in [3.05, 3.63) is 119 Å². The number of sulfonamides is 1. The molecule has 1 aromatic heterocycles. The highest BCUT2D eigenvalue weighted by molar-refractivity contribution is 7.92. The van der Waals surface area contributed by atoms with Crippen molar-refractivity contribution in [1.29, 1.82) is 0 Å². The topological polar surface area (TPSA) is 88.2 Å². The van der Waals surface area contributed by atoms with Gasteiger partial charge in [0.1, 0.15) is 0 Å². The molecule has 0 saturated carbocycles. The predicted molar refractivity (Wildman–Crippen MR) is 139 cm³/mol. The monoisotopic (exact) mass is 485 g/mol. The Bertz CT molecular complexity index is 1450. The number of aromatic nitrogens is 1. The van der Waals surface area contributed by atoms with E-state index in [2.05, 4.69) is 15.0 Å². The average Bonchev–Trinajstić information content (AvgIpc) is 2.80. The van der Waals surface area contributed by atoms with Crippen LogP contribution in [0.3, 0.4) is 0 Å². The Kier molecular flexibility index (Phi) is 6.98. The Morgan fingerprint density at radius 2 is 1.40 bits per heavy atom. The highest BCUT2D eigenvalue weighted by Crippen LogP contribution is 2.23. The van der Waals surface area contributed by atoms with Crippen LogP contribution in [-0.4, -0.2) is 19.3 Å². The molecule has 2 N–H and O–H groups in total. The fourth-order valence-corrected chi connectivity index (χ4v) is 5.23. The number of aryl methyl sites for hydroxylation is 3. The number of benzene rings is 3. The summed E-state index contributed by atoms with van der Waals surface area (Å²) in [6, 6.07) is 21.7. The highest BCUT2D eigenvalue weighted by Gasteiger charge is 2.20. The van der Waals surface area contributed by atoms with Crippen LogP contribution in [0.4, 0.5) is 11.4 Å². The first-order valence-corrected chi connectivity index (χ1v) is 12.7. The number of nitrogens with zero attached hydrogens (tertiary/aromatic N) is 1. The van der Waals surface area contributed by atoms with E-state index < -0.39 is 10.0 Å². The van der Waals surface area contributed by atoms with Gasteiger partial charge < -0.3 is 5.32 Å². The van der Waals surface area contributed by atoms with Crippen molar-refractivity contribution in [2.45, 2.75) is 32.1 Å². The molecule has 4 rings (SSSR count). The SMILES string of the molecule is Cc1cc(C)cc(NS(=O)(=O)c2cc(C(=O)Nc3ccc(Cc4ccncc4)cc3)ccc2C)c1. The molecule has 6 nitrogen and oxygen atoms in total. The van der Waals surface area contributed by atoms with E-state index >= 15 is 0 Å². The fraction of sp³-hybridized carbons (Fsp3) is 0.143. The second-order valence-electron chi connectivity index (χ2n) is 8.65. The van der Waals surface area contributed by atoms with E-state index in [4.69, 9.17) is 0 Å². The van der Waals surface area contributed by atoms with Crippen LogP contribution in [0.1, 0.15) is 38.2 Å². The second-order valence-corrected chi connectivity index (χ2v) is 10.3. The van der Waals surface area contributed by atoms with Crippen LogP contribution in [0.25, 0.3) is 0 Å². The number of hydrogen-bond donors (Lipinski definition) is 2. The van der Waals surface area contributed by atoms with E-state index in [9.17, 15) is 13.2 Å². The standard InChI is InChI=1S/C28H27N3O3S/c1-19-14-20(2)16-26(15-19)31-35(33,34)27-18-24(7-4-21(27)3)28(32)30-25-8-5-22(6-9-25)17-23-10-12-29-13-11-23/h4-16,18,31H,17H2,1-3H3,(H,30,32). The minimum Gasteiger partial charge on any atom is -0.322 e. The van der Waals surface area contributed by atoms with Gasteiger partial charge in [0.2, 0.25) is 0 Å². The van der Waals surface area contributed by atoms with Gasteiger partial charge in [-0.15, -0.1) is 0 Å². The van der Waals surface area contributed by atoms with Crippen LogP contribution in [0, 0.1) is 20.8 Å². The van der Waals surface area contributed by atoms with Crippen molar-refractivity contribution in [2.24, 2.45) is 0 Å². The molecule has 0 unspecified atom stereocenters. The quantitative estimate of drug-likeness (QED) is 0.354. The lowest BCUT2D eigenvalue weighted by atomic mass is 10.1. The number of hydrogen-bond acceptors (Lipinski definition) is 4. The molecule has 0 aliphatic carbocycles. The maximum absolute atomic E-state index is 13.1. The summed E-state index contributed by atoms with van der Waals surface area (Å²) in [7, 11) is -3.88. The Morgan fingerprint density at radius 1 is 0.771 bits per heavy atom. The number of carbonyl (C=O) groups is 1. The van der Waals surface area contributed by atoms with Crippen molar-refractivity contribution in [2.75, 3.05) is 10.0 Å². The Hall–Kier alpha value is -3.97. The number of amides is 1. The molecule has 0 spiro atoms. The summed E-state index contributed by atoms with van der Waals surface area (Å²) in [5.41, 5.74) is 6.11. The molecular weight excluding hydrogens is 458 g/mol. The minimum absolute atomic E-state index is 0.0667. The largest absolute Gasteiger partial charge is 0.322 e. The summed E-state index contributed by atoms with van der Waals surface area (Å²) in [6.45, 7) is 5.53. The molecule has 0 radical (unpaired) electrons. The van der Waals surface area contributed by atoms with Gasteiger partial charge in [-0.1, -0.05) is 24.3 Å². The Balaban J connectivity index is 1.50.